The fraction of sp³-hybridized carbons (Fsp3) is 0.280. The molecule has 2 N–H and O–H groups in total. The molecule has 1 aliphatic rings. The zero-order valence-electron chi connectivity index (χ0n) is 17.5. The van der Waals surface area contributed by atoms with E-state index in [1.807, 2.05) is 36.4 Å². The second-order valence-electron chi connectivity index (χ2n) is 7.69. The fourth-order valence-corrected chi connectivity index (χ4v) is 3.94. The molecule has 0 bridgehead atoms. The number of para-hydroxylation sites is 2. The van der Waals surface area contributed by atoms with Gasteiger partial charge in [-0.05, 0) is 47.9 Å². The van der Waals surface area contributed by atoms with E-state index in [4.69, 9.17) is 9.47 Å². The van der Waals surface area contributed by atoms with Gasteiger partial charge in [-0.25, -0.2) is 0 Å². The fourth-order valence-electron chi connectivity index (χ4n) is 3.94. The SMILES string of the molecule is COc1ccccc1NC(=O)c1cc2ccccc2cc1OCC(=O)NC1CCCC1. The van der Waals surface area contributed by atoms with Crippen LogP contribution in [0.2, 0.25) is 0 Å². The number of benzene rings is 3. The molecule has 6 heteroatoms. The van der Waals surface area contributed by atoms with E-state index >= 15 is 0 Å². The summed E-state index contributed by atoms with van der Waals surface area (Å²) in [6.45, 7) is -0.135. The molecular weight excluding hydrogens is 392 g/mol. The molecule has 6 nitrogen and oxygen atoms in total. The molecule has 3 aromatic rings. The van der Waals surface area contributed by atoms with E-state index in [2.05, 4.69) is 10.6 Å². The molecule has 3 aromatic carbocycles. The van der Waals surface area contributed by atoms with Crippen molar-refractivity contribution in [1.29, 1.82) is 0 Å². The zero-order valence-corrected chi connectivity index (χ0v) is 17.5. The van der Waals surface area contributed by atoms with Gasteiger partial charge >= 0.3 is 0 Å². The van der Waals surface area contributed by atoms with E-state index < -0.39 is 0 Å². The van der Waals surface area contributed by atoms with Crippen molar-refractivity contribution in [2.24, 2.45) is 0 Å². The third-order valence-corrected chi connectivity index (χ3v) is 5.53. The van der Waals surface area contributed by atoms with Crippen molar-refractivity contribution < 1.29 is 19.1 Å². The first-order chi connectivity index (χ1) is 15.1. The van der Waals surface area contributed by atoms with Crippen molar-refractivity contribution in [3.8, 4) is 11.5 Å². The molecule has 160 valence electrons. The quantitative estimate of drug-likeness (QED) is 0.591. The lowest BCUT2D eigenvalue weighted by Crippen LogP contribution is -2.36. The first kappa shape index (κ1) is 20.7. The largest absolute Gasteiger partial charge is 0.495 e. The maximum atomic E-state index is 13.1. The average Bonchev–Trinajstić information content (AvgIpc) is 3.30. The van der Waals surface area contributed by atoms with Gasteiger partial charge in [-0.3, -0.25) is 9.59 Å². The van der Waals surface area contributed by atoms with Gasteiger partial charge in [0, 0.05) is 6.04 Å². The van der Waals surface area contributed by atoms with Crippen molar-refractivity contribution in [1.82, 2.24) is 5.32 Å². The van der Waals surface area contributed by atoms with Gasteiger partial charge in [0.15, 0.2) is 6.61 Å². The number of ether oxygens (including phenoxy) is 2. The van der Waals surface area contributed by atoms with E-state index in [-0.39, 0.29) is 24.5 Å². The third-order valence-electron chi connectivity index (χ3n) is 5.53. The summed E-state index contributed by atoms with van der Waals surface area (Å²) in [6, 6.07) is 18.7. The summed E-state index contributed by atoms with van der Waals surface area (Å²) in [6.07, 6.45) is 4.30. The second-order valence-corrected chi connectivity index (χ2v) is 7.69. The second kappa shape index (κ2) is 9.51. The van der Waals surface area contributed by atoms with Gasteiger partial charge in [-0.1, -0.05) is 49.2 Å². The van der Waals surface area contributed by atoms with E-state index in [1.54, 1.807) is 31.4 Å². The highest BCUT2D eigenvalue weighted by Gasteiger charge is 2.19. The molecule has 1 saturated carbocycles. The predicted octanol–water partition coefficient (Wildman–Crippen LogP) is 4.54. The number of methoxy groups -OCH3 is 1. The summed E-state index contributed by atoms with van der Waals surface area (Å²) in [7, 11) is 1.55. The van der Waals surface area contributed by atoms with E-state index in [1.165, 1.54) is 0 Å². The Morgan fingerprint density at radius 1 is 0.935 bits per heavy atom. The van der Waals surface area contributed by atoms with Gasteiger partial charge in [-0.2, -0.15) is 0 Å². The van der Waals surface area contributed by atoms with Gasteiger partial charge in [-0.15, -0.1) is 0 Å². The van der Waals surface area contributed by atoms with Crippen LogP contribution in [-0.4, -0.2) is 31.6 Å². The van der Waals surface area contributed by atoms with E-state index in [9.17, 15) is 9.59 Å². The Hall–Kier alpha value is -3.54. The Kier molecular flexibility index (Phi) is 6.36. The molecule has 0 heterocycles. The Morgan fingerprint density at radius 2 is 1.61 bits per heavy atom. The van der Waals surface area contributed by atoms with E-state index in [0.717, 1.165) is 36.5 Å². The first-order valence-electron chi connectivity index (χ1n) is 10.5. The van der Waals surface area contributed by atoms with Crippen LogP contribution in [0, 0.1) is 0 Å². The van der Waals surface area contributed by atoms with Crippen molar-refractivity contribution >= 4 is 28.3 Å². The summed E-state index contributed by atoms with van der Waals surface area (Å²) in [4.78, 5) is 25.5. The Labute approximate surface area is 181 Å². The lowest BCUT2D eigenvalue weighted by molar-refractivity contribution is -0.123. The van der Waals surface area contributed by atoms with Crippen molar-refractivity contribution in [3.63, 3.8) is 0 Å². The van der Waals surface area contributed by atoms with Crippen LogP contribution in [0.3, 0.4) is 0 Å². The molecule has 0 unspecified atom stereocenters. The molecule has 0 spiro atoms. The number of carbonyl (C=O) groups is 2. The van der Waals surface area contributed by atoms with Crippen LogP contribution < -0.4 is 20.1 Å². The van der Waals surface area contributed by atoms with Crippen LogP contribution >= 0.6 is 0 Å². The normalized spacial score (nSPS) is 13.7. The first-order valence-corrected chi connectivity index (χ1v) is 10.5. The highest BCUT2D eigenvalue weighted by molar-refractivity contribution is 6.09. The molecular formula is C25H26N2O4. The number of hydrogen-bond acceptors (Lipinski definition) is 4. The molecule has 0 radical (unpaired) electrons. The highest BCUT2D eigenvalue weighted by atomic mass is 16.5. The highest BCUT2D eigenvalue weighted by Crippen LogP contribution is 2.29. The number of fused-ring (bicyclic) bond motifs is 1. The molecule has 31 heavy (non-hydrogen) atoms. The minimum absolute atomic E-state index is 0.135. The monoisotopic (exact) mass is 418 g/mol. The van der Waals surface area contributed by atoms with Gasteiger partial charge in [0.2, 0.25) is 0 Å². The Bertz CT molecular complexity index is 1090. The van der Waals surface area contributed by atoms with Crippen LogP contribution in [-0.2, 0) is 4.79 Å². The maximum Gasteiger partial charge on any atom is 0.259 e. The zero-order chi connectivity index (χ0) is 21.6. The number of carbonyl (C=O) groups excluding carboxylic acids is 2. The maximum absolute atomic E-state index is 13.1. The summed E-state index contributed by atoms with van der Waals surface area (Å²) in [5.74, 6) is 0.431. The standard InChI is InChI=1S/C25H26N2O4/c1-30-22-13-7-6-12-21(22)27-25(29)20-14-17-8-2-3-9-18(17)15-23(20)31-16-24(28)26-19-10-4-5-11-19/h2-3,6-9,12-15,19H,4-5,10-11,16H2,1H3,(H,26,28)(H,27,29). The molecule has 1 aliphatic carbocycles. The summed E-state index contributed by atoms with van der Waals surface area (Å²) < 4.78 is 11.2. The average molecular weight is 418 g/mol. The molecule has 0 atom stereocenters. The van der Waals surface area contributed by atoms with Crippen LogP contribution in [0.5, 0.6) is 11.5 Å². The molecule has 4 rings (SSSR count). The molecule has 0 saturated heterocycles. The number of amides is 2. The predicted molar refractivity (Wildman–Crippen MR) is 121 cm³/mol. The van der Waals surface area contributed by atoms with Crippen LogP contribution in [0.4, 0.5) is 5.69 Å². The summed E-state index contributed by atoms with van der Waals surface area (Å²) in [5, 5.41) is 7.74. The third kappa shape index (κ3) is 4.97. The summed E-state index contributed by atoms with van der Waals surface area (Å²) in [5.41, 5.74) is 0.923. The minimum Gasteiger partial charge on any atom is -0.495 e. The lowest BCUT2D eigenvalue weighted by atomic mass is 10.1. The molecule has 0 aliphatic heterocycles. The van der Waals surface area contributed by atoms with Crippen molar-refractivity contribution in [2.45, 2.75) is 31.7 Å². The smallest absolute Gasteiger partial charge is 0.259 e. The van der Waals surface area contributed by atoms with Gasteiger partial charge in [0.05, 0.1) is 18.4 Å². The van der Waals surface area contributed by atoms with Gasteiger partial charge < -0.3 is 20.1 Å². The topological polar surface area (TPSA) is 76.7 Å². The van der Waals surface area contributed by atoms with E-state index in [0.29, 0.717) is 22.7 Å². The van der Waals surface area contributed by atoms with Gasteiger partial charge in [0.25, 0.3) is 11.8 Å². The molecule has 1 fully saturated rings. The molecule has 2 amide bonds. The minimum atomic E-state index is -0.332. The lowest BCUT2D eigenvalue weighted by Gasteiger charge is -2.16. The molecule has 0 aromatic heterocycles. The Balaban J connectivity index is 1.57. The van der Waals surface area contributed by atoms with Crippen molar-refractivity contribution in [2.75, 3.05) is 19.0 Å². The summed E-state index contributed by atoms with van der Waals surface area (Å²) >= 11 is 0. The van der Waals surface area contributed by atoms with Gasteiger partial charge in [0.1, 0.15) is 11.5 Å². The Morgan fingerprint density at radius 3 is 2.35 bits per heavy atom. The van der Waals surface area contributed by atoms with Crippen LogP contribution in [0.25, 0.3) is 10.8 Å². The number of anilines is 1. The number of rotatable bonds is 7. The number of hydrogen-bond donors (Lipinski definition) is 2. The van der Waals surface area contributed by atoms with Crippen LogP contribution in [0.15, 0.2) is 60.7 Å². The number of nitrogens with one attached hydrogen (secondary N) is 2. The van der Waals surface area contributed by atoms with Crippen molar-refractivity contribution in [3.05, 3.63) is 66.2 Å². The van der Waals surface area contributed by atoms with Crippen LogP contribution in [0.1, 0.15) is 36.0 Å².